The molecule has 0 aliphatic heterocycles. The number of carbonyl (C=O) groups is 1. The molecular formula is C16H13FN4OS. The number of rotatable bonds is 4. The first-order valence-electron chi connectivity index (χ1n) is 6.83. The number of nitrogens with zero attached hydrogens (tertiary/aromatic N) is 2. The Morgan fingerprint density at radius 2 is 1.87 bits per heavy atom. The SMILES string of the molecule is Nc1c(-c2ccncc2)nsc1C(=O)NCc1ccc(F)cc1. The Morgan fingerprint density at radius 1 is 1.17 bits per heavy atom. The van der Waals surface area contributed by atoms with Crippen molar-refractivity contribution in [2.24, 2.45) is 0 Å². The maximum absolute atomic E-state index is 12.9. The van der Waals surface area contributed by atoms with E-state index in [0.29, 0.717) is 22.8 Å². The summed E-state index contributed by atoms with van der Waals surface area (Å²) in [5.41, 5.74) is 8.58. The van der Waals surface area contributed by atoms with E-state index in [2.05, 4.69) is 14.7 Å². The van der Waals surface area contributed by atoms with Crippen LogP contribution in [0.3, 0.4) is 0 Å². The molecule has 0 aliphatic carbocycles. The second kappa shape index (κ2) is 6.53. The van der Waals surface area contributed by atoms with Crippen molar-refractivity contribution < 1.29 is 9.18 Å². The van der Waals surface area contributed by atoms with Crippen molar-refractivity contribution in [3.63, 3.8) is 0 Å². The minimum Gasteiger partial charge on any atom is -0.396 e. The fourth-order valence-corrected chi connectivity index (χ4v) is 2.78. The molecule has 0 radical (unpaired) electrons. The van der Waals surface area contributed by atoms with Gasteiger partial charge in [0, 0.05) is 24.5 Å². The minimum absolute atomic E-state index is 0.293. The highest BCUT2D eigenvalue weighted by Crippen LogP contribution is 2.30. The highest BCUT2D eigenvalue weighted by Gasteiger charge is 2.18. The van der Waals surface area contributed by atoms with Crippen LogP contribution >= 0.6 is 11.5 Å². The first-order chi connectivity index (χ1) is 11.1. The molecule has 116 valence electrons. The zero-order valence-corrected chi connectivity index (χ0v) is 12.8. The van der Waals surface area contributed by atoms with Gasteiger partial charge in [-0.1, -0.05) is 12.1 Å². The van der Waals surface area contributed by atoms with Crippen molar-refractivity contribution in [1.82, 2.24) is 14.7 Å². The van der Waals surface area contributed by atoms with Gasteiger partial charge in [0.2, 0.25) is 0 Å². The fourth-order valence-electron chi connectivity index (χ4n) is 2.04. The molecule has 0 saturated carbocycles. The third kappa shape index (κ3) is 3.35. The molecule has 0 aliphatic rings. The highest BCUT2D eigenvalue weighted by molar-refractivity contribution is 7.09. The molecule has 1 amide bonds. The lowest BCUT2D eigenvalue weighted by Gasteiger charge is -2.04. The smallest absolute Gasteiger partial charge is 0.265 e. The molecule has 5 nitrogen and oxygen atoms in total. The average Bonchev–Trinajstić information content (AvgIpc) is 2.96. The van der Waals surface area contributed by atoms with E-state index >= 15 is 0 Å². The Morgan fingerprint density at radius 3 is 2.57 bits per heavy atom. The predicted octanol–water partition coefficient (Wildman–Crippen LogP) is 2.86. The van der Waals surface area contributed by atoms with Gasteiger partial charge >= 0.3 is 0 Å². The third-order valence-corrected chi connectivity index (χ3v) is 4.12. The lowest BCUT2D eigenvalue weighted by Crippen LogP contribution is -2.22. The standard InChI is InChI=1S/C16H13FN4OS/c17-12-3-1-10(2-4-12)9-20-16(22)15-13(18)14(21-23-15)11-5-7-19-8-6-11/h1-8H,9,18H2,(H,20,22). The van der Waals surface area contributed by atoms with Gasteiger partial charge in [-0.2, -0.15) is 4.37 Å². The van der Waals surface area contributed by atoms with Crippen molar-refractivity contribution in [3.8, 4) is 11.3 Å². The number of pyridine rings is 1. The fraction of sp³-hybridized carbons (Fsp3) is 0.0625. The van der Waals surface area contributed by atoms with E-state index < -0.39 is 0 Å². The van der Waals surface area contributed by atoms with Crippen molar-refractivity contribution in [2.75, 3.05) is 5.73 Å². The van der Waals surface area contributed by atoms with Gasteiger partial charge in [-0.3, -0.25) is 9.78 Å². The van der Waals surface area contributed by atoms with E-state index in [1.165, 1.54) is 12.1 Å². The third-order valence-electron chi connectivity index (χ3n) is 3.25. The Labute approximate surface area is 136 Å². The Balaban J connectivity index is 1.73. The predicted molar refractivity (Wildman–Crippen MR) is 87.3 cm³/mol. The molecule has 0 spiro atoms. The van der Waals surface area contributed by atoms with Gasteiger partial charge in [0.1, 0.15) is 16.4 Å². The number of halogens is 1. The number of nitrogen functional groups attached to an aromatic ring is 1. The van der Waals surface area contributed by atoms with E-state index in [9.17, 15) is 9.18 Å². The molecule has 3 aromatic rings. The Hall–Kier alpha value is -2.80. The van der Waals surface area contributed by atoms with Crippen LogP contribution in [0.5, 0.6) is 0 Å². The van der Waals surface area contributed by atoms with Crippen LogP contribution in [0.4, 0.5) is 10.1 Å². The van der Waals surface area contributed by atoms with Gasteiger partial charge in [0.25, 0.3) is 5.91 Å². The summed E-state index contributed by atoms with van der Waals surface area (Å²) in [4.78, 5) is 16.5. The molecular weight excluding hydrogens is 315 g/mol. The zero-order chi connectivity index (χ0) is 16.2. The number of hydrogen-bond donors (Lipinski definition) is 2. The number of carbonyl (C=O) groups excluding carboxylic acids is 1. The van der Waals surface area contributed by atoms with Crippen molar-refractivity contribution in [2.45, 2.75) is 6.54 Å². The lowest BCUT2D eigenvalue weighted by molar-refractivity contribution is 0.0956. The maximum Gasteiger partial charge on any atom is 0.265 e. The van der Waals surface area contributed by atoms with Crippen LogP contribution in [0.2, 0.25) is 0 Å². The summed E-state index contributed by atoms with van der Waals surface area (Å²) >= 11 is 1.05. The number of nitrogens with one attached hydrogen (secondary N) is 1. The van der Waals surface area contributed by atoms with Crippen LogP contribution in [0, 0.1) is 5.82 Å². The second-order valence-corrected chi connectivity index (χ2v) is 5.59. The number of anilines is 1. The van der Waals surface area contributed by atoms with E-state index in [-0.39, 0.29) is 11.7 Å². The van der Waals surface area contributed by atoms with Crippen molar-refractivity contribution in [1.29, 1.82) is 0 Å². The number of aromatic nitrogens is 2. The van der Waals surface area contributed by atoms with E-state index in [1.54, 1.807) is 36.7 Å². The van der Waals surface area contributed by atoms with Crippen LogP contribution in [-0.4, -0.2) is 15.3 Å². The summed E-state index contributed by atoms with van der Waals surface area (Å²) in [6.45, 7) is 0.293. The zero-order valence-electron chi connectivity index (χ0n) is 12.0. The topological polar surface area (TPSA) is 80.9 Å². The Bertz CT molecular complexity index is 818. The summed E-state index contributed by atoms with van der Waals surface area (Å²) in [5.74, 6) is -0.613. The van der Waals surface area contributed by atoms with Crippen LogP contribution in [0.25, 0.3) is 11.3 Å². The molecule has 0 fully saturated rings. The van der Waals surface area contributed by atoms with Gasteiger partial charge < -0.3 is 11.1 Å². The summed E-state index contributed by atoms with van der Waals surface area (Å²) in [7, 11) is 0. The number of amides is 1. The van der Waals surface area contributed by atoms with E-state index in [4.69, 9.17) is 5.73 Å². The largest absolute Gasteiger partial charge is 0.396 e. The van der Waals surface area contributed by atoms with Crippen LogP contribution in [0.1, 0.15) is 15.2 Å². The molecule has 0 unspecified atom stereocenters. The molecule has 0 atom stereocenters. The van der Waals surface area contributed by atoms with Crippen molar-refractivity contribution >= 4 is 23.1 Å². The maximum atomic E-state index is 12.9. The number of nitrogens with two attached hydrogens (primary N) is 1. The van der Waals surface area contributed by atoms with Crippen LogP contribution in [0.15, 0.2) is 48.8 Å². The quantitative estimate of drug-likeness (QED) is 0.772. The van der Waals surface area contributed by atoms with Gasteiger partial charge in [-0.25, -0.2) is 4.39 Å². The molecule has 2 aromatic heterocycles. The normalized spacial score (nSPS) is 10.5. The van der Waals surface area contributed by atoms with Gasteiger partial charge in [0.05, 0.1) is 5.69 Å². The first kappa shape index (κ1) is 15.1. The summed E-state index contributed by atoms with van der Waals surface area (Å²) < 4.78 is 17.1. The van der Waals surface area contributed by atoms with Gasteiger partial charge in [0.15, 0.2) is 0 Å². The highest BCUT2D eigenvalue weighted by atomic mass is 32.1. The molecule has 0 saturated heterocycles. The minimum atomic E-state index is -0.311. The average molecular weight is 328 g/mol. The number of benzene rings is 1. The second-order valence-electron chi connectivity index (χ2n) is 4.82. The Kier molecular flexibility index (Phi) is 4.29. The van der Waals surface area contributed by atoms with E-state index in [0.717, 1.165) is 22.7 Å². The number of hydrogen-bond acceptors (Lipinski definition) is 5. The summed E-state index contributed by atoms with van der Waals surface area (Å²) in [6, 6.07) is 9.51. The summed E-state index contributed by atoms with van der Waals surface area (Å²) in [5, 5.41) is 2.76. The first-order valence-corrected chi connectivity index (χ1v) is 7.60. The van der Waals surface area contributed by atoms with Crippen LogP contribution < -0.4 is 11.1 Å². The van der Waals surface area contributed by atoms with E-state index in [1.807, 2.05) is 0 Å². The van der Waals surface area contributed by atoms with Gasteiger partial charge in [-0.05, 0) is 41.4 Å². The van der Waals surface area contributed by atoms with Crippen molar-refractivity contribution in [3.05, 3.63) is 65.0 Å². The molecule has 23 heavy (non-hydrogen) atoms. The monoisotopic (exact) mass is 328 g/mol. The molecule has 7 heteroatoms. The lowest BCUT2D eigenvalue weighted by atomic mass is 10.1. The molecule has 0 bridgehead atoms. The molecule has 2 heterocycles. The molecule has 3 N–H and O–H groups in total. The van der Waals surface area contributed by atoms with Crippen LogP contribution in [-0.2, 0) is 6.54 Å². The summed E-state index contributed by atoms with van der Waals surface area (Å²) in [6.07, 6.45) is 3.28. The van der Waals surface area contributed by atoms with Gasteiger partial charge in [-0.15, -0.1) is 0 Å². The molecule has 3 rings (SSSR count). The molecule has 1 aromatic carbocycles.